The number of carboxylic acid groups (broad SMARTS) is 1. The Labute approximate surface area is 96.3 Å². The number of carbonyl (C=O) groups is 1. The number of benzene rings is 1. The maximum absolute atomic E-state index is 13.0. The second-order valence-electron chi connectivity index (χ2n) is 4.25. The van der Waals surface area contributed by atoms with Gasteiger partial charge in [0.2, 0.25) is 0 Å². The SMILES string of the molecule is N#Cc1ccccc1C1(C(=O)O)CC(F)(F)C1. The van der Waals surface area contributed by atoms with Crippen LogP contribution in [0.25, 0.3) is 0 Å². The maximum Gasteiger partial charge on any atom is 0.314 e. The van der Waals surface area contributed by atoms with Gasteiger partial charge < -0.3 is 5.11 Å². The highest BCUT2D eigenvalue weighted by Crippen LogP contribution is 2.54. The van der Waals surface area contributed by atoms with E-state index in [1.165, 1.54) is 12.1 Å². The molecule has 0 saturated heterocycles. The van der Waals surface area contributed by atoms with E-state index < -0.39 is 30.1 Å². The zero-order valence-electron chi connectivity index (χ0n) is 8.78. The van der Waals surface area contributed by atoms with Crippen LogP contribution in [-0.4, -0.2) is 17.0 Å². The van der Waals surface area contributed by atoms with E-state index in [9.17, 15) is 13.6 Å². The summed E-state index contributed by atoms with van der Waals surface area (Å²) in [6.07, 6.45) is -1.48. The first-order valence-corrected chi connectivity index (χ1v) is 5.02. The van der Waals surface area contributed by atoms with Crippen LogP contribution in [0.4, 0.5) is 8.78 Å². The van der Waals surface area contributed by atoms with E-state index in [0.717, 1.165) is 0 Å². The van der Waals surface area contributed by atoms with Gasteiger partial charge in [-0.1, -0.05) is 18.2 Å². The van der Waals surface area contributed by atoms with Gasteiger partial charge in [-0.05, 0) is 11.6 Å². The molecule has 88 valence electrons. The maximum atomic E-state index is 13.0. The number of hydrogen-bond acceptors (Lipinski definition) is 2. The van der Waals surface area contributed by atoms with Crippen molar-refractivity contribution >= 4 is 5.97 Å². The van der Waals surface area contributed by atoms with Crippen LogP contribution in [0.15, 0.2) is 24.3 Å². The summed E-state index contributed by atoms with van der Waals surface area (Å²) in [5, 5.41) is 18.0. The van der Waals surface area contributed by atoms with Crippen LogP contribution in [-0.2, 0) is 10.2 Å². The fourth-order valence-electron chi connectivity index (χ4n) is 2.29. The van der Waals surface area contributed by atoms with Crippen LogP contribution < -0.4 is 0 Å². The van der Waals surface area contributed by atoms with Crippen molar-refractivity contribution in [3.05, 3.63) is 35.4 Å². The molecule has 1 N–H and O–H groups in total. The lowest BCUT2D eigenvalue weighted by molar-refractivity contribution is -0.174. The summed E-state index contributed by atoms with van der Waals surface area (Å²) in [7, 11) is 0. The van der Waals surface area contributed by atoms with Crippen molar-refractivity contribution < 1.29 is 18.7 Å². The van der Waals surface area contributed by atoms with Crippen molar-refractivity contribution in [2.45, 2.75) is 24.2 Å². The minimum Gasteiger partial charge on any atom is -0.481 e. The highest BCUT2D eigenvalue weighted by atomic mass is 19.3. The molecule has 1 aromatic carbocycles. The molecule has 0 atom stereocenters. The zero-order valence-corrected chi connectivity index (χ0v) is 8.78. The van der Waals surface area contributed by atoms with Crippen LogP contribution >= 0.6 is 0 Å². The van der Waals surface area contributed by atoms with E-state index in [2.05, 4.69) is 0 Å². The number of alkyl halides is 2. The Morgan fingerprint density at radius 1 is 1.35 bits per heavy atom. The number of halogens is 2. The van der Waals surface area contributed by atoms with Gasteiger partial charge in [-0.25, -0.2) is 8.78 Å². The largest absolute Gasteiger partial charge is 0.481 e. The second-order valence-corrected chi connectivity index (χ2v) is 4.25. The number of nitrogens with zero attached hydrogens (tertiary/aromatic N) is 1. The number of aliphatic carboxylic acids is 1. The molecule has 3 nitrogen and oxygen atoms in total. The fourth-order valence-corrected chi connectivity index (χ4v) is 2.29. The highest BCUT2D eigenvalue weighted by molar-refractivity contribution is 5.84. The van der Waals surface area contributed by atoms with Crippen molar-refractivity contribution in [2.24, 2.45) is 0 Å². The number of rotatable bonds is 2. The Bertz CT molecular complexity index is 511. The summed E-state index contributed by atoms with van der Waals surface area (Å²) in [4.78, 5) is 11.2. The molecule has 2 rings (SSSR count). The monoisotopic (exact) mass is 237 g/mol. The summed E-state index contributed by atoms with van der Waals surface area (Å²) in [6.45, 7) is 0. The Hall–Kier alpha value is -1.96. The van der Waals surface area contributed by atoms with Gasteiger partial charge in [-0.3, -0.25) is 4.79 Å². The van der Waals surface area contributed by atoms with E-state index >= 15 is 0 Å². The molecule has 1 fully saturated rings. The van der Waals surface area contributed by atoms with Crippen molar-refractivity contribution in [3.63, 3.8) is 0 Å². The first kappa shape index (κ1) is 11.5. The molecule has 17 heavy (non-hydrogen) atoms. The molecule has 5 heteroatoms. The molecule has 0 spiro atoms. The van der Waals surface area contributed by atoms with Gasteiger partial charge in [0.1, 0.15) is 5.41 Å². The third kappa shape index (κ3) is 1.66. The highest BCUT2D eigenvalue weighted by Gasteiger charge is 2.62. The molecule has 1 saturated carbocycles. The lowest BCUT2D eigenvalue weighted by atomic mass is 9.61. The van der Waals surface area contributed by atoms with Crippen LogP contribution in [0.5, 0.6) is 0 Å². The Morgan fingerprint density at radius 3 is 2.41 bits per heavy atom. The smallest absolute Gasteiger partial charge is 0.314 e. The summed E-state index contributed by atoms with van der Waals surface area (Å²) < 4.78 is 25.9. The summed E-state index contributed by atoms with van der Waals surface area (Å²) in [6, 6.07) is 7.85. The van der Waals surface area contributed by atoms with Crippen LogP contribution in [0, 0.1) is 11.3 Å². The minimum absolute atomic E-state index is 0.144. The van der Waals surface area contributed by atoms with E-state index in [1.807, 2.05) is 6.07 Å². The molecular formula is C12H9F2NO2. The molecule has 0 bridgehead atoms. The molecule has 0 heterocycles. The normalized spacial score (nSPS) is 20.1. The van der Waals surface area contributed by atoms with Gasteiger partial charge in [0.05, 0.1) is 11.6 Å². The first-order valence-electron chi connectivity index (χ1n) is 5.02. The van der Waals surface area contributed by atoms with E-state index in [4.69, 9.17) is 10.4 Å². The first-order chi connectivity index (χ1) is 7.91. The van der Waals surface area contributed by atoms with E-state index in [0.29, 0.717) is 0 Å². The molecular weight excluding hydrogens is 228 g/mol. The van der Waals surface area contributed by atoms with Gasteiger partial charge in [0.25, 0.3) is 5.92 Å². The lowest BCUT2D eigenvalue weighted by Gasteiger charge is -2.44. The van der Waals surface area contributed by atoms with Crippen LogP contribution in [0.1, 0.15) is 24.0 Å². The summed E-state index contributed by atoms with van der Waals surface area (Å²) in [5.74, 6) is -4.26. The molecule has 0 unspecified atom stereocenters. The molecule has 0 radical (unpaired) electrons. The van der Waals surface area contributed by atoms with Crippen LogP contribution in [0.2, 0.25) is 0 Å². The van der Waals surface area contributed by atoms with Crippen molar-refractivity contribution in [2.75, 3.05) is 0 Å². The molecule has 0 aliphatic heterocycles. The second kappa shape index (κ2) is 3.52. The topological polar surface area (TPSA) is 61.1 Å². The van der Waals surface area contributed by atoms with Crippen molar-refractivity contribution in [3.8, 4) is 6.07 Å². The third-order valence-electron chi connectivity index (χ3n) is 3.09. The van der Waals surface area contributed by atoms with E-state index in [1.54, 1.807) is 12.1 Å². The average Bonchev–Trinajstić information content (AvgIpc) is 2.25. The zero-order chi connectivity index (χ0) is 12.7. The fraction of sp³-hybridized carbons (Fsp3) is 0.333. The minimum atomic E-state index is -2.96. The Morgan fingerprint density at radius 2 is 1.94 bits per heavy atom. The third-order valence-corrected chi connectivity index (χ3v) is 3.09. The molecule has 1 aromatic rings. The Balaban J connectivity index is 2.50. The van der Waals surface area contributed by atoms with Crippen LogP contribution in [0.3, 0.4) is 0 Å². The lowest BCUT2D eigenvalue weighted by Crippen LogP contribution is -2.54. The van der Waals surface area contributed by atoms with Crippen molar-refractivity contribution in [1.82, 2.24) is 0 Å². The van der Waals surface area contributed by atoms with Gasteiger partial charge in [-0.2, -0.15) is 5.26 Å². The Kier molecular flexibility index (Phi) is 2.39. The predicted octanol–water partition coefficient (Wildman–Crippen LogP) is 2.31. The molecule has 1 aliphatic rings. The van der Waals surface area contributed by atoms with Gasteiger partial charge in [-0.15, -0.1) is 0 Å². The van der Waals surface area contributed by atoms with Gasteiger partial charge in [0, 0.05) is 12.8 Å². The predicted molar refractivity (Wildman–Crippen MR) is 54.7 cm³/mol. The van der Waals surface area contributed by atoms with Gasteiger partial charge >= 0.3 is 5.97 Å². The summed E-state index contributed by atoms with van der Waals surface area (Å²) >= 11 is 0. The van der Waals surface area contributed by atoms with Gasteiger partial charge in [0.15, 0.2) is 0 Å². The molecule has 0 amide bonds. The van der Waals surface area contributed by atoms with E-state index in [-0.39, 0.29) is 11.1 Å². The number of hydrogen-bond donors (Lipinski definition) is 1. The molecule has 1 aliphatic carbocycles. The molecule has 0 aromatic heterocycles. The average molecular weight is 237 g/mol. The summed E-state index contributed by atoms with van der Waals surface area (Å²) in [5.41, 5.74) is -1.29. The number of carboxylic acids is 1. The quantitative estimate of drug-likeness (QED) is 0.858. The van der Waals surface area contributed by atoms with Crippen molar-refractivity contribution in [1.29, 1.82) is 5.26 Å². The standard InChI is InChI=1S/C12H9F2NO2/c13-12(14)6-11(7-12,10(16)17)9-4-2-1-3-8(9)5-15/h1-4H,6-7H2,(H,16,17). The number of nitriles is 1.